The van der Waals surface area contributed by atoms with Gasteiger partial charge in [0.1, 0.15) is 18.2 Å². The van der Waals surface area contributed by atoms with Crippen molar-refractivity contribution < 1.29 is 23.5 Å². The van der Waals surface area contributed by atoms with Crippen LogP contribution in [0.5, 0.6) is 5.75 Å². The average Bonchev–Trinajstić information content (AvgIpc) is 2.85. The topological polar surface area (TPSA) is 71.1 Å². The van der Waals surface area contributed by atoms with Crippen LogP contribution in [0.15, 0.2) is 42.5 Å². The number of benzene rings is 2. The minimum atomic E-state index is -0.235. The van der Waals surface area contributed by atoms with Gasteiger partial charge >= 0.3 is 0 Å². The van der Waals surface area contributed by atoms with E-state index in [-0.39, 0.29) is 35.7 Å². The first-order valence-corrected chi connectivity index (χ1v) is 12.6. The molecule has 8 heteroatoms. The molecular weight excluding hydrogens is 461 g/mol. The number of hydrogen-bond acceptors (Lipinski definition) is 5. The predicted molar refractivity (Wildman–Crippen MR) is 139 cm³/mol. The van der Waals surface area contributed by atoms with Gasteiger partial charge in [-0.3, -0.25) is 14.5 Å². The summed E-state index contributed by atoms with van der Waals surface area (Å²) in [6.45, 7) is 7.82. The van der Waals surface area contributed by atoms with Crippen LogP contribution in [0.2, 0.25) is 0 Å². The minimum Gasteiger partial charge on any atom is -0.491 e. The Kier molecular flexibility index (Phi) is 9.84. The molecule has 0 aromatic heterocycles. The van der Waals surface area contributed by atoms with Crippen LogP contribution in [0.1, 0.15) is 49.5 Å². The molecule has 1 heterocycles. The van der Waals surface area contributed by atoms with Crippen LogP contribution in [0.3, 0.4) is 0 Å². The van der Waals surface area contributed by atoms with E-state index >= 15 is 0 Å². The maximum atomic E-state index is 14.5. The Morgan fingerprint density at radius 1 is 1.19 bits per heavy atom. The van der Waals surface area contributed by atoms with Gasteiger partial charge in [0.15, 0.2) is 0 Å². The van der Waals surface area contributed by atoms with Crippen LogP contribution in [-0.4, -0.2) is 67.6 Å². The first-order valence-electron chi connectivity index (χ1n) is 12.6. The maximum Gasteiger partial charge on any atom is 0.257 e. The molecule has 196 valence electrons. The number of methoxy groups -OCH3 is 1. The standard InChI is InChI=1S/C28H38FN3O4/c1-6-9-27(33)30-22-12-13-25-23(14-22)28(34)31(4)17-26(35-5)19(2)15-32(20(3)18-36-25)16-21-10-7-8-11-24(21)29/h7-8,10-14,19-20,26H,6,9,15-18H2,1-5H3,(H,30,33)/t19-,20+,26+/m0/s1. The van der Waals surface area contributed by atoms with Gasteiger partial charge in [0.05, 0.1) is 11.7 Å². The fourth-order valence-electron chi connectivity index (χ4n) is 4.45. The van der Waals surface area contributed by atoms with Crippen LogP contribution in [0.4, 0.5) is 10.1 Å². The van der Waals surface area contributed by atoms with Gasteiger partial charge in [-0.25, -0.2) is 4.39 Å². The highest BCUT2D eigenvalue weighted by Gasteiger charge is 2.29. The molecular formula is C28H38FN3O4. The number of anilines is 1. The molecule has 3 atom stereocenters. The molecule has 2 amide bonds. The first kappa shape index (κ1) is 27.6. The summed E-state index contributed by atoms with van der Waals surface area (Å²) >= 11 is 0. The van der Waals surface area contributed by atoms with Gasteiger partial charge in [-0.15, -0.1) is 0 Å². The van der Waals surface area contributed by atoms with E-state index in [1.807, 2.05) is 19.9 Å². The SMILES string of the molecule is CCCC(=O)Nc1ccc2c(c1)C(=O)N(C)C[C@@H](OC)[C@@H](C)CN(Cc1ccccc1F)[C@H](C)CO2. The molecule has 1 aliphatic heterocycles. The number of nitrogens with one attached hydrogen (secondary N) is 1. The van der Waals surface area contributed by atoms with Crippen molar-refractivity contribution in [3.8, 4) is 5.75 Å². The number of hydrogen-bond donors (Lipinski definition) is 1. The second-order valence-corrected chi connectivity index (χ2v) is 9.63. The number of carbonyl (C=O) groups is 2. The lowest BCUT2D eigenvalue weighted by Crippen LogP contribution is -2.46. The Hall–Kier alpha value is -2.97. The lowest BCUT2D eigenvalue weighted by Gasteiger charge is -2.36. The van der Waals surface area contributed by atoms with Crippen LogP contribution in [0.25, 0.3) is 0 Å². The Morgan fingerprint density at radius 2 is 1.94 bits per heavy atom. The van der Waals surface area contributed by atoms with Gasteiger partial charge < -0.3 is 19.7 Å². The number of halogens is 1. The van der Waals surface area contributed by atoms with Gasteiger partial charge in [0, 0.05) is 57.5 Å². The molecule has 1 N–H and O–H groups in total. The number of ether oxygens (including phenoxy) is 2. The van der Waals surface area contributed by atoms with Crippen molar-refractivity contribution in [3.63, 3.8) is 0 Å². The lowest BCUT2D eigenvalue weighted by molar-refractivity contribution is -0.116. The van der Waals surface area contributed by atoms with Gasteiger partial charge in [-0.2, -0.15) is 0 Å². The molecule has 7 nitrogen and oxygen atoms in total. The Labute approximate surface area is 213 Å². The number of amides is 2. The third-order valence-electron chi connectivity index (χ3n) is 6.67. The fourth-order valence-corrected chi connectivity index (χ4v) is 4.45. The summed E-state index contributed by atoms with van der Waals surface area (Å²) in [5.41, 5.74) is 1.55. The molecule has 0 fully saturated rings. The van der Waals surface area contributed by atoms with Crippen LogP contribution < -0.4 is 10.1 Å². The maximum absolute atomic E-state index is 14.5. The lowest BCUT2D eigenvalue weighted by atomic mass is 10.0. The summed E-state index contributed by atoms with van der Waals surface area (Å²) in [4.78, 5) is 29.4. The third kappa shape index (κ3) is 7.04. The first-order chi connectivity index (χ1) is 17.2. The quantitative estimate of drug-likeness (QED) is 0.631. The average molecular weight is 500 g/mol. The van der Waals surface area contributed by atoms with E-state index in [9.17, 15) is 14.0 Å². The van der Waals surface area contributed by atoms with E-state index in [1.54, 1.807) is 49.4 Å². The van der Waals surface area contributed by atoms with E-state index in [2.05, 4.69) is 17.1 Å². The molecule has 0 radical (unpaired) electrons. The molecule has 2 aromatic rings. The molecule has 2 aromatic carbocycles. The number of nitrogens with zero attached hydrogens (tertiary/aromatic N) is 2. The highest BCUT2D eigenvalue weighted by Crippen LogP contribution is 2.27. The predicted octanol–water partition coefficient (Wildman–Crippen LogP) is 4.57. The van der Waals surface area contributed by atoms with Crippen LogP contribution in [0, 0.1) is 11.7 Å². The summed E-state index contributed by atoms with van der Waals surface area (Å²) in [5, 5.41) is 2.86. The third-order valence-corrected chi connectivity index (χ3v) is 6.67. The Bertz CT molecular complexity index is 1050. The zero-order valence-electron chi connectivity index (χ0n) is 21.9. The number of likely N-dealkylation sites (N-methyl/N-ethyl adjacent to an activating group) is 1. The fraction of sp³-hybridized carbons (Fsp3) is 0.500. The van der Waals surface area contributed by atoms with Gasteiger partial charge in [-0.1, -0.05) is 32.0 Å². The van der Waals surface area contributed by atoms with Crippen molar-refractivity contribution >= 4 is 17.5 Å². The highest BCUT2D eigenvalue weighted by atomic mass is 19.1. The van der Waals surface area contributed by atoms with Crippen molar-refractivity contribution in [1.29, 1.82) is 0 Å². The monoisotopic (exact) mass is 499 g/mol. The molecule has 0 unspecified atom stereocenters. The van der Waals surface area contributed by atoms with E-state index in [1.165, 1.54) is 6.07 Å². The Morgan fingerprint density at radius 3 is 2.64 bits per heavy atom. The summed E-state index contributed by atoms with van der Waals surface area (Å²) in [6, 6.07) is 11.9. The number of carbonyl (C=O) groups excluding carboxylic acids is 2. The number of fused-ring (bicyclic) bond motifs is 1. The van der Waals surface area contributed by atoms with Crippen molar-refractivity contribution in [1.82, 2.24) is 9.80 Å². The second kappa shape index (κ2) is 12.8. The summed E-state index contributed by atoms with van der Waals surface area (Å²) in [5.74, 6) is -0.0278. The van der Waals surface area contributed by atoms with Crippen molar-refractivity contribution in [2.45, 2.75) is 52.3 Å². The largest absolute Gasteiger partial charge is 0.491 e. The Balaban J connectivity index is 1.93. The van der Waals surface area contributed by atoms with Crippen molar-refractivity contribution in [2.24, 2.45) is 5.92 Å². The van der Waals surface area contributed by atoms with Crippen LogP contribution in [-0.2, 0) is 16.1 Å². The smallest absolute Gasteiger partial charge is 0.257 e. The number of rotatable bonds is 6. The molecule has 0 saturated carbocycles. The van der Waals surface area contributed by atoms with E-state index in [0.29, 0.717) is 55.2 Å². The summed E-state index contributed by atoms with van der Waals surface area (Å²) in [6.07, 6.45) is 0.925. The molecule has 0 saturated heterocycles. The zero-order chi connectivity index (χ0) is 26.2. The molecule has 3 rings (SSSR count). The molecule has 0 bridgehead atoms. The van der Waals surface area contributed by atoms with Gasteiger partial charge in [0.2, 0.25) is 5.91 Å². The molecule has 36 heavy (non-hydrogen) atoms. The van der Waals surface area contributed by atoms with Crippen LogP contribution >= 0.6 is 0 Å². The zero-order valence-corrected chi connectivity index (χ0v) is 21.9. The van der Waals surface area contributed by atoms with Gasteiger partial charge in [-0.05, 0) is 43.5 Å². The normalized spacial score (nSPS) is 21.7. The highest BCUT2D eigenvalue weighted by molar-refractivity contribution is 5.99. The summed E-state index contributed by atoms with van der Waals surface area (Å²) in [7, 11) is 3.38. The van der Waals surface area contributed by atoms with E-state index < -0.39 is 0 Å². The minimum absolute atomic E-state index is 0.0615. The molecule has 0 spiro atoms. The van der Waals surface area contributed by atoms with Crippen molar-refractivity contribution in [3.05, 3.63) is 59.4 Å². The molecule has 1 aliphatic rings. The van der Waals surface area contributed by atoms with E-state index in [4.69, 9.17) is 9.47 Å². The summed E-state index contributed by atoms with van der Waals surface area (Å²) < 4.78 is 26.4. The second-order valence-electron chi connectivity index (χ2n) is 9.63. The van der Waals surface area contributed by atoms with Gasteiger partial charge in [0.25, 0.3) is 5.91 Å². The molecule has 0 aliphatic carbocycles. The van der Waals surface area contributed by atoms with Crippen molar-refractivity contribution in [2.75, 3.05) is 39.2 Å². The van der Waals surface area contributed by atoms with E-state index in [0.717, 1.165) is 6.42 Å².